The van der Waals surface area contributed by atoms with E-state index in [2.05, 4.69) is 4.98 Å². The van der Waals surface area contributed by atoms with Crippen molar-refractivity contribution in [3.05, 3.63) is 11.9 Å². The highest BCUT2D eigenvalue weighted by Gasteiger charge is 2.00. The van der Waals surface area contributed by atoms with Gasteiger partial charge in [-0.25, -0.2) is 4.98 Å². The van der Waals surface area contributed by atoms with Gasteiger partial charge >= 0.3 is 0 Å². The van der Waals surface area contributed by atoms with Crippen LogP contribution in [-0.2, 0) is 18.4 Å². The van der Waals surface area contributed by atoms with Crippen LogP contribution >= 0.6 is 0 Å². The van der Waals surface area contributed by atoms with Gasteiger partial charge in [0, 0.05) is 14.2 Å². The van der Waals surface area contributed by atoms with E-state index in [1.165, 1.54) is 0 Å². The smallest absolute Gasteiger partial charge is 0.200 e. The maximum atomic E-state index is 5.47. The van der Waals surface area contributed by atoms with Gasteiger partial charge in [0.15, 0.2) is 5.95 Å². The summed E-state index contributed by atoms with van der Waals surface area (Å²) in [6.07, 6.45) is 1.71. The second-order valence-corrected chi connectivity index (χ2v) is 2.10. The highest BCUT2D eigenvalue weighted by Crippen LogP contribution is 2.04. The van der Waals surface area contributed by atoms with Gasteiger partial charge in [0.05, 0.1) is 18.5 Å². The molecule has 0 atom stereocenters. The molecule has 1 heterocycles. The molecule has 10 heavy (non-hydrogen) atoms. The van der Waals surface area contributed by atoms with Crippen molar-refractivity contribution >= 4 is 5.95 Å². The van der Waals surface area contributed by atoms with Gasteiger partial charge < -0.3 is 15.0 Å². The van der Waals surface area contributed by atoms with Crippen LogP contribution in [0.1, 0.15) is 5.69 Å². The molecule has 4 nitrogen and oxygen atoms in total. The number of methoxy groups -OCH3 is 1. The number of aromatic nitrogens is 2. The van der Waals surface area contributed by atoms with Crippen molar-refractivity contribution < 1.29 is 4.74 Å². The summed E-state index contributed by atoms with van der Waals surface area (Å²) in [5.41, 5.74) is 6.45. The van der Waals surface area contributed by atoms with Crippen LogP contribution in [0.15, 0.2) is 6.20 Å². The Balaban J connectivity index is 2.83. The lowest BCUT2D eigenvalue weighted by molar-refractivity contribution is 0.179. The summed E-state index contributed by atoms with van der Waals surface area (Å²) in [6.45, 7) is 0.556. The summed E-state index contributed by atoms with van der Waals surface area (Å²) >= 11 is 0. The number of ether oxygens (including phenoxy) is 1. The zero-order valence-corrected chi connectivity index (χ0v) is 6.16. The molecule has 0 aliphatic rings. The Labute approximate surface area is 59.6 Å². The van der Waals surface area contributed by atoms with E-state index in [9.17, 15) is 0 Å². The fourth-order valence-electron chi connectivity index (χ4n) is 0.743. The van der Waals surface area contributed by atoms with Crippen molar-refractivity contribution in [1.82, 2.24) is 9.55 Å². The van der Waals surface area contributed by atoms with Crippen molar-refractivity contribution in [3.8, 4) is 0 Å². The third kappa shape index (κ3) is 1.11. The van der Waals surface area contributed by atoms with Crippen molar-refractivity contribution in [1.29, 1.82) is 0 Å². The van der Waals surface area contributed by atoms with Crippen LogP contribution < -0.4 is 5.73 Å². The highest BCUT2D eigenvalue weighted by atomic mass is 16.5. The van der Waals surface area contributed by atoms with Gasteiger partial charge in [-0.3, -0.25) is 0 Å². The van der Waals surface area contributed by atoms with Crippen molar-refractivity contribution in [3.63, 3.8) is 0 Å². The van der Waals surface area contributed by atoms with E-state index >= 15 is 0 Å². The highest BCUT2D eigenvalue weighted by molar-refractivity contribution is 5.21. The fourth-order valence-corrected chi connectivity index (χ4v) is 0.743. The summed E-state index contributed by atoms with van der Waals surface area (Å²) in [5, 5.41) is 0. The maximum absolute atomic E-state index is 5.47. The van der Waals surface area contributed by atoms with E-state index in [0.717, 1.165) is 5.69 Å². The first kappa shape index (κ1) is 7.08. The van der Waals surface area contributed by atoms with Crippen LogP contribution in [0.25, 0.3) is 0 Å². The lowest BCUT2D eigenvalue weighted by atomic mass is 10.5. The molecule has 0 saturated heterocycles. The van der Waals surface area contributed by atoms with Crippen LogP contribution in [0.3, 0.4) is 0 Å². The van der Waals surface area contributed by atoms with Crippen LogP contribution in [-0.4, -0.2) is 16.7 Å². The van der Waals surface area contributed by atoms with E-state index in [4.69, 9.17) is 10.5 Å². The summed E-state index contributed by atoms with van der Waals surface area (Å²) < 4.78 is 6.70. The maximum Gasteiger partial charge on any atom is 0.200 e. The molecule has 0 aliphatic heterocycles. The van der Waals surface area contributed by atoms with Crippen LogP contribution in [0.5, 0.6) is 0 Å². The first-order valence-corrected chi connectivity index (χ1v) is 3.00. The van der Waals surface area contributed by atoms with Gasteiger partial charge in [0.1, 0.15) is 0 Å². The molecule has 0 radical (unpaired) electrons. The molecule has 2 N–H and O–H groups in total. The molecule has 1 rings (SSSR count). The first-order valence-electron chi connectivity index (χ1n) is 3.00. The molecule has 1 aromatic rings. The third-order valence-electron chi connectivity index (χ3n) is 1.41. The van der Waals surface area contributed by atoms with E-state index < -0.39 is 0 Å². The van der Waals surface area contributed by atoms with Crippen LogP contribution in [0.4, 0.5) is 5.95 Å². The summed E-state index contributed by atoms with van der Waals surface area (Å²) in [4.78, 5) is 3.90. The summed E-state index contributed by atoms with van der Waals surface area (Å²) in [6, 6.07) is 0. The van der Waals surface area contributed by atoms with Crippen LogP contribution in [0, 0.1) is 0 Å². The van der Waals surface area contributed by atoms with Gasteiger partial charge in [-0.1, -0.05) is 0 Å². The van der Waals surface area contributed by atoms with Gasteiger partial charge in [0.2, 0.25) is 0 Å². The number of anilines is 1. The van der Waals surface area contributed by atoms with E-state index in [1.54, 1.807) is 17.9 Å². The Hall–Kier alpha value is -1.03. The number of imidazole rings is 1. The molecule has 0 fully saturated rings. The van der Waals surface area contributed by atoms with Crippen molar-refractivity contribution in [2.75, 3.05) is 12.8 Å². The second-order valence-electron chi connectivity index (χ2n) is 2.10. The zero-order chi connectivity index (χ0) is 7.56. The Morgan fingerprint density at radius 1 is 1.80 bits per heavy atom. The van der Waals surface area contributed by atoms with Crippen molar-refractivity contribution in [2.45, 2.75) is 6.61 Å². The lowest BCUT2D eigenvalue weighted by Gasteiger charge is -1.99. The van der Waals surface area contributed by atoms with Gasteiger partial charge in [-0.05, 0) is 0 Å². The number of nitrogens with two attached hydrogens (primary N) is 1. The minimum absolute atomic E-state index is 0.520. The Morgan fingerprint density at radius 2 is 2.50 bits per heavy atom. The van der Waals surface area contributed by atoms with Gasteiger partial charge in [-0.2, -0.15) is 0 Å². The minimum Gasteiger partial charge on any atom is -0.378 e. The minimum atomic E-state index is 0.520. The molecular formula is C6H11N3O. The molecule has 1 aromatic heterocycles. The zero-order valence-electron chi connectivity index (χ0n) is 6.16. The Morgan fingerprint density at radius 3 is 2.90 bits per heavy atom. The number of rotatable bonds is 2. The molecule has 0 bridgehead atoms. The first-order chi connectivity index (χ1) is 4.75. The second kappa shape index (κ2) is 2.70. The summed E-state index contributed by atoms with van der Waals surface area (Å²) in [7, 11) is 3.50. The predicted octanol–water partition coefficient (Wildman–Crippen LogP) is 0.149. The van der Waals surface area contributed by atoms with E-state index in [1.807, 2.05) is 7.05 Å². The quantitative estimate of drug-likeness (QED) is 0.637. The molecule has 56 valence electrons. The van der Waals surface area contributed by atoms with Gasteiger partial charge in [0.25, 0.3) is 0 Å². The normalized spacial score (nSPS) is 10.2. The molecular weight excluding hydrogens is 130 g/mol. The SMILES string of the molecule is COCc1cnc(N)n1C. The number of nitrogens with zero attached hydrogens (tertiary/aromatic N) is 2. The van der Waals surface area contributed by atoms with Crippen LogP contribution in [0.2, 0.25) is 0 Å². The summed E-state index contributed by atoms with van der Waals surface area (Å²) in [5.74, 6) is 0.520. The van der Waals surface area contributed by atoms with Gasteiger partial charge in [-0.15, -0.1) is 0 Å². The standard InChI is InChI=1S/C6H11N3O/c1-9-5(4-10-2)3-8-6(9)7/h3H,4H2,1-2H3,(H2,7,8). The third-order valence-corrected chi connectivity index (χ3v) is 1.41. The number of nitrogen functional groups attached to an aromatic ring is 1. The van der Waals surface area contributed by atoms with Crippen molar-refractivity contribution in [2.24, 2.45) is 7.05 Å². The largest absolute Gasteiger partial charge is 0.378 e. The molecule has 4 heteroatoms. The molecule has 0 spiro atoms. The average Bonchev–Trinajstić information content (AvgIpc) is 2.20. The Kier molecular flexibility index (Phi) is 1.91. The van der Waals surface area contributed by atoms with E-state index in [0.29, 0.717) is 12.6 Å². The molecule has 0 amide bonds. The lowest BCUT2D eigenvalue weighted by Crippen LogP contribution is -2.01. The predicted molar refractivity (Wildman–Crippen MR) is 38.3 cm³/mol. The Bertz CT molecular complexity index is 219. The topological polar surface area (TPSA) is 53.1 Å². The molecule has 0 aromatic carbocycles. The van der Waals surface area contributed by atoms with E-state index in [-0.39, 0.29) is 0 Å². The molecule has 0 aliphatic carbocycles. The molecule has 0 unspecified atom stereocenters. The fraction of sp³-hybridized carbons (Fsp3) is 0.500. The molecule has 0 saturated carbocycles. The average molecular weight is 141 g/mol. The number of hydrogen-bond donors (Lipinski definition) is 1. The monoisotopic (exact) mass is 141 g/mol. The number of hydrogen-bond acceptors (Lipinski definition) is 3.